The summed E-state index contributed by atoms with van der Waals surface area (Å²) in [6.45, 7) is 1.86. The minimum atomic E-state index is -0.221. The third-order valence-corrected chi connectivity index (χ3v) is 3.35. The molecular weight excluding hydrogens is 250 g/mol. The Hall–Kier alpha value is -1.31. The number of piperidine rings is 1. The number of hydrogen-bond donors (Lipinski definition) is 1. The molecule has 1 saturated heterocycles. The molecule has 1 aliphatic rings. The van der Waals surface area contributed by atoms with Crippen LogP contribution in [0.5, 0.6) is 5.88 Å². The van der Waals surface area contributed by atoms with Gasteiger partial charge in [-0.2, -0.15) is 5.26 Å². The van der Waals surface area contributed by atoms with E-state index in [1.807, 2.05) is 12.1 Å². The zero-order valence-corrected chi connectivity index (χ0v) is 11.3. The van der Waals surface area contributed by atoms with Gasteiger partial charge >= 0.3 is 0 Å². The van der Waals surface area contributed by atoms with Crippen molar-refractivity contribution >= 4 is 12.4 Å². The number of aromatic nitrogens is 1. The van der Waals surface area contributed by atoms with Crippen LogP contribution in [0.2, 0.25) is 0 Å². The molecule has 0 aliphatic carbocycles. The molecule has 0 atom stereocenters. The lowest BCUT2D eigenvalue weighted by Gasteiger charge is -2.31. The average molecular weight is 268 g/mol. The van der Waals surface area contributed by atoms with Crippen LogP contribution >= 0.6 is 12.4 Å². The van der Waals surface area contributed by atoms with Gasteiger partial charge in [0, 0.05) is 12.3 Å². The Morgan fingerprint density at radius 2 is 2.17 bits per heavy atom. The van der Waals surface area contributed by atoms with Gasteiger partial charge in [-0.3, -0.25) is 0 Å². The van der Waals surface area contributed by atoms with Crippen LogP contribution in [0.3, 0.4) is 0 Å². The van der Waals surface area contributed by atoms with Crippen molar-refractivity contribution in [2.75, 3.05) is 20.2 Å². The lowest BCUT2D eigenvalue weighted by Crippen LogP contribution is -2.37. The standard InChI is InChI=1S/C13H17N3O.ClH/c1-17-12-3-2-11(9-16-12)8-13(10-14)4-6-15-7-5-13;/h2-3,9,15H,4-8H2,1H3;1H. The fraction of sp³-hybridized carbons (Fsp3) is 0.538. The van der Waals surface area contributed by atoms with Gasteiger partial charge in [0.25, 0.3) is 0 Å². The van der Waals surface area contributed by atoms with E-state index in [-0.39, 0.29) is 17.8 Å². The van der Waals surface area contributed by atoms with Crippen molar-refractivity contribution in [1.29, 1.82) is 5.26 Å². The molecule has 0 saturated carbocycles. The lowest BCUT2D eigenvalue weighted by molar-refractivity contribution is 0.280. The van der Waals surface area contributed by atoms with Gasteiger partial charge in [-0.15, -0.1) is 12.4 Å². The molecule has 0 unspecified atom stereocenters. The molecule has 0 radical (unpaired) electrons. The summed E-state index contributed by atoms with van der Waals surface area (Å²) in [7, 11) is 1.60. The quantitative estimate of drug-likeness (QED) is 0.909. The third kappa shape index (κ3) is 3.34. The van der Waals surface area contributed by atoms with Crippen LogP contribution in [0.4, 0.5) is 0 Å². The summed E-state index contributed by atoms with van der Waals surface area (Å²) < 4.78 is 5.02. The second kappa shape index (κ2) is 6.58. The third-order valence-electron chi connectivity index (χ3n) is 3.35. The maximum Gasteiger partial charge on any atom is 0.212 e. The van der Waals surface area contributed by atoms with E-state index >= 15 is 0 Å². The first-order valence-electron chi connectivity index (χ1n) is 5.89. The smallest absolute Gasteiger partial charge is 0.212 e. The number of halogens is 1. The molecule has 5 heteroatoms. The van der Waals surface area contributed by atoms with Crippen LogP contribution < -0.4 is 10.1 Å². The van der Waals surface area contributed by atoms with Gasteiger partial charge in [-0.25, -0.2) is 4.98 Å². The second-order valence-electron chi connectivity index (χ2n) is 4.53. The van der Waals surface area contributed by atoms with Gasteiger partial charge in [-0.05, 0) is 37.9 Å². The predicted molar refractivity (Wildman–Crippen MR) is 71.9 cm³/mol. The second-order valence-corrected chi connectivity index (χ2v) is 4.53. The molecule has 18 heavy (non-hydrogen) atoms. The lowest BCUT2D eigenvalue weighted by atomic mass is 9.76. The molecule has 1 aliphatic heterocycles. The minimum Gasteiger partial charge on any atom is -0.481 e. The highest BCUT2D eigenvalue weighted by atomic mass is 35.5. The van der Waals surface area contributed by atoms with E-state index < -0.39 is 0 Å². The Morgan fingerprint density at radius 1 is 1.44 bits per heavy atom. The van der Waals surface area contributed by atoms with Crippen LogP contribution in [0, 0.1) is 16.7 Å². The van der Waals surface area contributed by atoms with Crippen LogP contribution in [0.15, 0.2) is 18.3 Å². The summed E-state index contributed by atoms with van der Waals surface area (Å²) >= 11 is 0. The molecular formula is C13H18ClN3O. The highest BCUT2D eigenvalue weighted by Crippen LogP contribution is 2.32. The van der Waals surface area contributed by atoms with Gasteiger partial charge in [0.05, 0.1) is 18.6 Å². The molecule has 0 amide bonds. The first kappa shape index (κ1) is 14.7. The molecule has 1 aromatic rings. The van der Waals surface area contributed by atoms with Gasteiger partial charge in [0.1, 0.15) is 0 Å². The van der Waals surface area contributed by atoms with Crippen molar-refractivity contribution in [2.24, 2.45) is 5.41 Å². The van der Waals surface area contributed by atoms with E-state index in [2.05, 4.69) is 16.4 Å². The summed E-state index contributed by atoms with van der Waals surface area (Å²) in [5.41, 5.74) is 0.885. The maximum atomic E-state index is 9.38. The summed E-state index contributed by atoms with van der Waals surface area (Å²) in [4.78, 5) is 4.18. The van der Waals surface area contributed by atoms with Gasteiger partial charge < -0.3 is 10.1 Å². The SMILES string of the molecule is COc1ccc(CC2(C#N)CCNCC2)cn1.Cl. The average Bonchev–Trinajstić information content (AvgIpc) is 2.41. The molecule has 1 aromatic heterocycles. The molecule has 98 valence electrons. The summed E-state index contributed by atoms with van der Waals surface area (Å²) in [6.07, 6.45) is 4.41. The first-order valence-corrected chi connectivity index (χ1v) is 5.89. The Labute approximate surface area is 114 Å². The number of nitriles is 1. The number of ether oxygens (including phenoxy) is 1. The molecule has 4 nitrogen and oxygen atoms in total. The molecule has 2 rings (SSSR count). The summed E-state index contributed by atoms with van der Waals surface area (Å²) in [6, 6.07) is 6.34. The number of pyridine rings is 1. The van der Waals surface area contributed by atoms with Gasteiger partial charge in [0.15, 0.2) is 0 Å². The van der Waals surface area contributed by atoms with Crippen LogP contribution in [0.1, 0.15) is 18.4 Å². The zero-order chi connectivity index (χ0) is 12.1. The monoisotopic (exact) mass is 267 g/mol. The fourth-order valence-corrected chi connectivity index (χ4v) is 2.26. The number of hydrogen-bond acceptors (Lipinski definition) is 4. The van der Waals surface area contributed by atoms with Crippen molar-refractivity contribution in [3.05, 3.63) is 23.9 Å². The Kier molecular flexibility index (Phi) is 5.39. The van der Waals surface area contributed by atoms with E-state index in [0.29, 0.717) is 5.88 Å². The van der Waals surface area contributed by atoms with Crippen LogP contribution in [0.25, 0.3) is 0 Å². The summed E-state index contributed by atoms with van der Waals surface area (Å²) in [5.74, 6) is 0.616. The molecule has 1 N–H and O–H groups in total. The van der Waals surface area contributed by atoms with Gasteiger partial charge in [-0.1, -0.05) is 6.07 Å². The maximum absolute atomic E-state index is 9.38. The highest BCUT2D eigenvalue weighted by Gasteiger charge is 2.32. The van der Waals surface area contributed by atoms with Crippen LogP contribution in [-0.4, -0.2) is 25.2 Å². The van der Waals surface area contributed by atoms with Crippen molar-refractivity contribution in [1.82, 2.24) is 10.3 Å². The number of nitrogens with zero attached hydrogens (tertiary/aromatic N) is 2. The van der Waals surface area contributed by atoms with E-state index in [1.165, 1.54) is 0 Å². The van der Waals surface area contributed by atoms with Gasteiger partial charge in [0.2, 0.25) is 5.88 Å². The van der Waals surface area contributed by atoms with Crippen LogP contribution in [-0.2, 0) is 6.42 Å². The van der Waals surface area contributed by atoms with E-state index in [4.69, 9.17) is 4.74 Å². The van der Waals surface area contributed by atoms with E-state index in [9.17, 15) is 5.26 Å². The normalized spacial score (nSPS) is 17.3. The first-order chi connectivity index (χ1) is 8.28. The Morgan fingerprint density at radius 3 is 2.67 bits per heavy atom. The molecule has 0 bridgehead atoms. The largest absolute Gasteiger partial charge is 0.481 e. The Bertz CT molecular complexity index is 407. The van der Waals surface area contributed by atoms with Crippen molar-refractivity contribution in [3.8, 4) is 11.9 Å². The molecule has 1 fully saturated rings. The predicted octanol–water partition coefficient (Wildman–Crippen LogP) is 1.95. The molecule has 0 aromatic carbocycles. The zero-order valence-electron chi connectivity index (χ0n) is 10.5. The topological polar surface area (TPSA) is 57.9 Å². The van der Waals surface area contributed by atoms with E-state index in [0.717, 1.165) is 37.9 Å². The minimum absolute atomic E-state index is 0. The number of rotatable bonds is 3. The van der Waals surface area contributed by atoms with E-state index in [1.54, 1.807) is 13.3 Å². The number of nitrogens with one attached hydrogen (secondary N) is 1. The molecule has 0 spiro atoms. The van der Waals surface area contributed by atoms with Crippen molar-refractivity contribution in [3.63, 3.8) is 0 Å². The number of methoxy groups -OCH3 is 1. The Balaban J connectivity index is 0.00000162. The highest BCUT2D eigenvalue weighted by molar-refractivity contribution is 5.85. The van der Waals surface area contributed by atoms with Crippen molar-refractivity contribution in [2.45, 2.75) is 19.3 Å². The van der Waals surface area contributed by atoms with Crippen molar-refractivity contribution < 1.29 is 4.74 Å². The fourth-order valence-electron chi connectivity index (χ4n) is 2.26. The summed E-state index contributed by atoms with van der Waals surface area (Å²) in [5, 5.41) is 12.7. The molecule has 2 heterocycles.